The van der Waals surface area contributed by atoms with Gasteiger partial charge in [-0.2, -0.15) is 0 Å². The van der Waals surface area contributed by atoms with E-state index >= 15 is 0 Å². The van der Waals surface area contributed by atoms with Crippen LogP contribution >= 0.6 is 0 Å². The van der Waals surface area contributed by atoms with Crippen LogP contribution in [0.15, 0.2) is 6.20 Å². The molecule has 158 valence electrons. The highest BCUT2D eigenvalue weighted by Gasteiger charge is 2.25. The van der Waals surface area contributed by atoms with E-state index in [4.69, 9.17) is 4.74 Å². The molecule has 9 nitrogen and oxygen atoms in total. The summed E-state index contributed by atoms with van der Waals surface area (Å²) in [7, 11) is 0. The van der Waals surface area contributed by atoms with Crippen LogP contribution in [0.2, 0.25) is 0 Å². The van der Waals surface area contributed by atoms with Crippen molar-refractivity contribution in [3.05, 3.63) is 17.7 Å². The Bertz CT molecular complexity index is 852. The molecule has 0 saturated carbocycles. The summed E-state index contributed by atoms with van der Waals surface area (Å²) in [4.78, 5) is 23.4. The number of morpholine rings is 1. The number of rotatable bonds is 6. The minimum Gasteiger partial charge on any atom is -0.374 e. The van der Waals surface area contributed by atoms with Crippen molar-refractivity contribution in [2.75, 3.05) is 44.6 Å². The molecule has 0 radical (unpaired) electrons. The first kappa shape index (κ1) is 20.2. The summed E-state index contributed by atoms with van der Waals surface area (Å²) in [5.74, 6) is 0.983. The zero-order valence-corrected chi connectivity index (χ0v) is 17.5. The average Bonchev–Trinajstić information content (AvgIpc) is 3.15. The van der Waals surface area contributed by atoms with Gasteiger partial charge in [0.05, 0.1) is 24.6 Å². The molecule has 4 rings (SSSR count). The molecule has 2 aromatic heterocycles. The lowest BCUT2D eigenvalue weighted by Crippen LogP contribution is -2.48. The molecule has 0 unspecified atom stereocenters. The molecule has 2 saturated heterocycles. The molecule has 0 bridgehead atoms. The van der Waals surface area contributed by atoms with E-state index < -0.39 is 0 Å². The molecule has 9 heteroatoms. The summed E-state index contributed by atoms with van der Waals surface area (Å²) in [6.45, 7) is 11.4. The van der Waals surface area contributed by atoms with Crippen molar-refractivity contribution in [1.29, 1.82) is 0 Å². The molecule has 0 aliphatic carbocycles. The SMILES string of the molecule is CC(=O)c1nc(NC2CCN(C[C@H]3CNCCO3)CC2)c2ncc(C(C)C)n2n1. The second kappa shape index (κ2) is 8.73. The van der Waals surface area contributed by atoms with Crippen LogP contribution in [-0.2, 0) is 4.74 Å². The fourth-order valence-electron chi connectivity index (χ4n) is 4.02. The van der Waals surface area contributed by atoms with Crippen LogP contribution in [0.4, 0.5) is 5.82 Å². The summed E-state index contributed by atoms with van der Waals surface area (Å²) in [5, 5.41) is 11.3. The minimum atomic E-state index is -0.144. The Labute approximate surface area is 171 Å². The highest BCUT2D eigenvalue weighted by Crippen LogP contribution is 2.22. The predicted octanol–water partition coefficient (Wildman–Crippen LogP) is 1.31. The summed E-state index contributed by atoms with van der Waals surface area (Å²) in [6, 6.07) is 0.300. The minimum absolute atomic E-state index is 0.144. The number of likely N-dealkylation sites (tertiary alicyclic amines) is 1. The number of fused-ring (bicyclic) bond motifs is 1. The second-order valence-electron chi connectivity index (χ2n) is 8.33. The molecular weight excluding hydrogens is 370 g/mol. The number of piperidine rings is 1. The number of hydrogen-bond donors (Lipinski definition) is 2. The Balaban J connectivity index is 1.44. The number of nitrogens with one attached hydrogen (secondary N) is 2. The fraction of sp³-hybridized carbons (Fsp3) is 0.700. The summed E-state index contributed by atoms with van der Waals surface area (Å²) in [5.41, 5.74) is 1.66. The van der Waals surface area contributed by atoms with E-state index in [2.05, 4.69) is 44.4 Å². The zero-order valence-electron chi connectivity index (χ0n) is 17.5. The quantitative estimate of drug-likeness (QED) is 0.700. The molecule has 2 aliphatic heterocycles. The summed E-state index contributed by atoms with van der Waals surface area (Å²) >= 11 is 0. The molecule has 0 aromatic carbocycles. The number of carbonyl (C=O) groups is 1. The monoisotopic (exact) mass is 401 g/mol. The first-order valence-corrected chi connectivity index (χ1v) is 10.6. The van der Waals surface area contributed by atoms with Gasteiger partial charge < -0.3 is 20.3 Å². The third-order valence-electron chi connectivity index (χ3n) is 5.69. The van der Waals surface area contributed by atoms with Crippen LogP contribution in [0, 0.1) is 0 Å². The zero-order chi connectivity index (χ0) is 20.4. The number of aromatic nitrogens is 4. The van der Waals surface area contributed by atoms with Gasteiger partial charge in [-0.1, -0.05) is 13.8 Å². The van der Waals surface area contributed by atoms with Crippen molar-refractivity contribution < 1.29 is 9.53 Å². The van der Waals surface area contributed by atoms with E-state index in [1.54, 1.807) is 4.52 Å². The maximum atomic E-state index is 12.0. The number of ether oxygens (including phenoxy) is 1. The number of imidazole rings is 1. The van der Waals surface area contributed by atoms with E-state index in [1.165, 1.54) is 6.92 Å². The third-order valence-corrected chi connectivity index (χ3v) is 5.69. The van der Waals surface area contributed by atoms with E-state index in [0.717, 1.165) is 57.9 Å². The van der Waals surface area contributed by atoms with Gasteiger partial charge in [0.2, 0.25) is 5.82 Å². The standard InChI is InChI=1S/C20H31N7O2/c1-13(2)17-11-22-20-19(24-18(14(3)28)25-27(17)20)23-15-4-7-26(8-5-15)12-16-10-21-6-9-29-16/h11,13,15-16,21H,4-10,12H2,1-3H3,(H,23,24,25)/t16-/m1/s1. The van der Waals surface area contributed by atoms with Crippen molar-refractivity contribution in [2.45, 2.75) is 51.7 Å². The lowest BCUT2D eigenvalue weighted by Gasteiger charge is -2.35. The number of ketones is 1. The molecule has 1 atom stereocenters. The van der Waals surface area contributed by atoms with Crippen LogP contribution in [0.1, 0.15) is 55.8 Å². The Morgan fingerprint density at radius 1 is 1.38 bits per heavy atom. The smallest absolute Gasteiger partial charge is 0.218 e. The van der Waals surface area contributed by atoms with Gasteiger partial charge >= 0.3 is 0 Å². The van der Waals surface area contributed by atoms with Crippen molar-refractivity contribution in [1.82, 2.24) is 29.8 Å². The normalized spacial score (nSPS) is 21.7. The Hall–Kier alpha value is -2.10. The average molecular weight is 402 g/mol. The topological polar surface area (TPSA) is 96.7 Å². The van der Waals surface area contributed by atoms with Crippen molar-refractivity contribution in [2.24, 2.45) is 0 Å². The molecule has 4 heterocycles. The van der Waals surface area contributed by atoms with Gasteiger partial charge in [-0.05, 0) is 18.8 Å². The molecule has 2 N–H and O–H groups in total. The van der Waals surface area contributed by atoms with Crippen LogP contribution in [-0.4, -0.2) is 81.7 Å². The van der Waals surface area contributed by atoms with Gasteiger partial charge in [-0.3, -0.25) is 4.79 Å². The number of anilines is 1. The summed E-state index contributed by atoms with van der Waals surface area (Å²) in [6.07, 6.45) is 4.14. The van der Waals surface area contributed by atoms with E-state index in [-0.39, 0.29) is 23.6 Å². The lowest BCUT2D eigenvalue weighted by atomic mass is 10.0. The number of Topliss-reactive ketones (excluding diaryl/α,β-unsaturated/α-hetero) is 1. The first-order valence-electron chi connectivity index (χ1n) is 10.6. The third kappa shape index (κ3) is 4.57. The van der Waals surface area contributed by atoms with Gasteiger partial charge in [0.25, 0.3) is 0 Å². The molecule has 29 heavy (non-hydrogen) atoms. The number of hydrogen-bond acceptors (Lipinski definition) is 8. The number of carbonyl (C=O) groups excluding carboxylic acids is 1. The van der Waals surface area contributed by atoms with Crippen LogP contribution < -0.4 is 10.6 Å². The van der Waals surface area contributed by atoms with Gasteiger partial charge in [0.1, 0.15) is 0 Å². The van der Waals surface area contributed by atoms with E-state index in [0.29, 0.717) is 17.5 Å². The van der Waals surface area contributed by atoms with E-state index in [9.17, 15) is 4.79 Å². The van der Waals surface area contributed by atoms with Crippen LogP contribution in [0.25, 0.3) is 5.65 Å². The van der Waals surface area contributed by atoms with Gasteiger partial charge in [0, 0.05) is 45.7 Å². The van der Waals surface area contributed by atoms with Gasteiger partial charge in [-0.25, -0.2) is 14.5 Å². The lowest BCUT2D eigenvalue weighted by molar-refractivity contribution is 0.00178. The largest absolute Gasteiger partial charge is 0.374 e. The molecular formula is C20H31N7O2. The molecule has 2 aliphatic rings. The molecule has 0 amide bonds. The Morgan fingerprint density at radius 3 is 2.83 bits per heavy atom. The highest BCUT2D eigenvalue weighted by molar-refractivity contribution is 5.90. The number of nitrogens with zero attached hydrogens (tertiary/aromatic N) is 5. The molecule has 2 aromatic rings. The summed E-state index contributed by atoms with van der Waals surface area (Å²) < 4.78 is 7.59. The maximum Gasteiger partial charge on any atom is 0.218 e. The Kier molecular flexibility index (Phi) is 6.07. The maximum absolute atomic E-state index is 12.0. The first-order chi connectivity index (χ1) is 14.0. The molecule has 0 spiro atoms. The van der Waals surface area contributed by atoms with Gasteiger partial charge in [0.15, 0.2) is 17.2 Å². The highest BCUT2D eigenvalue weighted by atomic mass is 16.5. The van der Waals surface area contributed by atoms with Crippen LogP contribution in [0.3, 0.4) is 0 Å². The second-order valence-corrected chi connectivity index (χ2v) is 8.33. The van der Waals surface area contributed by atoms with Crippen LogP contribution in [0.5, 0.6) is 0 Å². The predicted molar refractivity (Wildman–Crippen MR) is 111 cm³/mol. The van der Waals surface area contributed by atoms with Crippen molar-refractivity contribution >= 4 is 17.2 Å². The Morgan fingerprint density at radius 2 is 2.17 bits per heavy atom. The van der Waals surface area contributed by atoms with E-state index in [1.807, 2.05) is 6.20 Å². The van der Waals surface area contributed by atoms with Crippen molar-refractivity contribution in [3.63, 3.8) is 0 Å². The van der Waals surface area contributed by atoms with Crippen molar-refractivity contribution in [3.8, 4) is 0 Å². The fourth-order valence-corrected chi connectivity index (χ4v) is 4.02. The van der Waals surface area contributed by atoms with Gasteiger partial charge in [-0.15, -0.1) is 5.10 Å². The molecule has 2 fully saturated rings.